The summed E-state index contributed by atoms with van der Waals surface area (Å²) in [4.78, 5) is 33.0. The van der Waals surface area contributed by atoms with E-state index in [1.807, 2.05) is 0 Å². The van der Waals surface area contributed by atoms with Crippen LogP contribution in [0.1, 0.15) is 6.23 Å². The van der Waals surface area contributed by atoms with E-state index in [1.165, 1.54) is 17.2 Å². The summed E-state index contributed by atoms with van der Waals surface area (Å²) in [6, 6.07) is -0.854. The molecule has 6 N–H and O–H groups in total. The number of aromatic nitrogens is 4. The molecule has 3 rings (SSSR count). The molecule has 1 aliphatic rings. The predicted octanol–water partition coefficient (Wildman–Crippen LogP) is -1.99. The van der Waals surface area contributed by atoms with Crippen LogP contribution in [-0.4, -0.2) is 60.6 Å². The van der Waals surface area contributed by atoms with Gasteiger partial charge >= 0.3 is 6.03 Å². The second kappa shape index (κ2) is 6.31. The molecule has 2 aromatic rings. The van der Waals surface area contributed by atoms with Crippen LogP contribution in [0.5, 0.6) is 0 Å². The number of nitrogen functional groups attached to an aromatic ring is 1. The van der Waals surface area contributed by atoms with Crippen molar-refractivity contribution >= 4 is 23.0 Å². The number of urea groups is 1. The Morgan fingerprint density at radius 3 is 2.92 bits per heavy atom. The minimum Gasteiger partial charge on any atom is -0.387 e. The molecule has 13 nitrogen and oxygen atoms in total. The molecular formula is C11H14N8O5. The van der Waals surface area contributed by atoms with E-state index in [1.54, 1.807) is 5.43 Å². The Labute approximate surface area is 133 Å². The highest BCUT2D eigenvalue weighted by molar-refractivity contribution is 5.81. The SMILES string of the molecule is Nc1ncnc2c1ncn2C1OC(CNC(=O)NN=O)C(O)C1O. The standard InChI is InChI=1S/C11H14N8O5/c12-8-5-9(15-2-14-8)19(3-16-5)10-7(21)6(20)4(24-10)1-13-11(22)17-18-23/h2-4,6-7,10,20-21H,1H2,(H2,12,14,15)(H2,13,17,22,23). The van der Waals surface area contributed by atoms with Crippen LogP contribution in [0.25, 0.3) is 11.2 Å². The minimum absolute atomic E-state index is 0.153. The summed E-state index contributed by atoms with van der Waals surface area (Å²) in [6.07, 6.45) is -1.88. The molecule has 0 radical (unpaired) electrons. The van der Waals surface area contributed by atoms with Gasteiger partial charge in [-0.1, -0.05) is 0 Å². The Hall–Kier alpha value is -2.90. The van der Waals surface area contributed by atoms with E-state index < -0.39 is 30.6 Å². The van der Waals surface area contributed by atoms with Gasteiger partial charge in [0, 0.05) is 6.54 Å². The number of carbonyl (C=O) groups is 1. The van der Waals surface area contributed by atoms with Gasteiger partial charge in [0.2, 0.25) is 0 Å². The summed E-state index contributed by atoms with van der Waals surface area (Å²) in [7, 11) is 0. The first-order chi connectivity index (χ1) is 11.5. The smallest absolute Gasteiger partial charge is 0.337 e. The second-order valence-electron chi connectivity index (χ2n) is 5.04. The molecule has 4 atom stereocenters. The molecule has 13 heteroatoms. The summed E-state index contributed by atoms with van der Waals surface area (Å²) >= 11 is 0. The molecule has 0 saturated carbocycles. The van der Waals surface area contributed by atoms with Gasteiger partial charge in [-0.3, -0.25) is 4.57 Å². The zero-order valence-electron chi connectivity index (χ0n) is 12.1. The summed E-state index contributed by atoms with van der Waals surface area (Å²) in [6.45, 7) is -0.153. The highest BCUT2D eigenvalue weighted by Gasteiger charge is 2.44. The highest BCUT2D eigenvalue weighted by Crippen LogP contribution is 2.31. The third-order valence-electron chi connectivity index (χ3n) is 3.61. The first-order valence-corrected chi connectivity index (χ1v) is 6.83. The van der Waals surface area contributed by atoms with Gasteiger partial charge in [-0.2, -0.15) is 5.43 Å². The highest BCUT2D eigenvalue weighted by atomic mass is 16.6. The summed E-state index contributed by atoms with van der Waals surface area (Å²) < 4.78 is 6.99. The van der Waals surface area contributed by atoms with Crippen LogP contribution in [0, 0.1) is 4.91 Å². The zero-order chi connectivity index (χ0) is 17.3. The van der Waals surface area contributed by atoms with Crippen LogP contribution < -0.4 is 16.5 Å². The Kier molecular flexibility index (Phi) is 4.20. The third kappa shape index (κ3) is 2.70. The van der Waals surface area contributed by atoms with Crippen LogP contribution in [-0.2, 0) is 4.74 Å². The van der Waals surface area contributed by atoms with E-state index in [9.17, 15) is 19.9 Å². The monoisotopic (exact) mass is 338 g/mol. The first-order valence-electron chi connectivity index (χ1n) is 6.83. The average Bonchev–Trinajstić information content (AvgIpc) is 3.10. The number of hydrogen-bond acceptors (Lipinski definition) is 10. The predicted molar refractivity (Wildman–Crippen MR) is 78.0 cm³/mol. The fraction of sp³-hybridized carbons (Fsp3) is 0.455. The molecule has 128 valence electrons. The summed E-state index contributed by atoms with van der Waals surface area (Å²) in [5.74, 6) is 0.169. The Bertz CT molecular complexity index is 766. The lowest BCUT2D eigenvalue weighted by Crippen LogP contribution is -2.42. The van der Waals surface area contributed by atoms with Gasteiger partial charge < -0.3 is 26.0 Å². The lowest BCUT2D eigenvalue weighted by Gasteiger charge is -2.16. The number of amides is 2. The number of nitrogens with two attached hydrogens (primary N) is 1. The Balaban J connectivity index is 1.78. The fourth-order valence-electron chi connectivity index (χ4n) is 2.46. The zero-order valence-corrected chi connectivity index (χ0v) is 12.1. The second-order valence-corrected chi connectivity index (χ2v) is 5.04. The molecule has 1 fully saturated rings. The van der Waals surface area contributed by atoms with Crippen molar-refractivity contribution in [3.8, 4) is 0 Å². The number of rotatable bonds is 4. The van der Waals surface area contributed by atoms with Gasteiger partial charge in [-0.15, -0.1) is 4.91 Å². The number of imidazole rings is 1. The van der Waals surface area contributed by atoms with Crippen LogP contribution in [0.3, 0.4) is 0 Å². The number of anilines is 1. The van der Waals surface area contributed by atoms with Crippen LogP contribution in [0.2, 0.25) is 0 Å². The molecule has 2 amide bonds. The molecule has 3 heterocycles. The van der Waals surface area contributed by atoms with E-state index in [4.69, 9.17) is 10.5 Å². The van der Waals surface area contributed by atoms with Gasteiger partial charge in [-0.05, 0) is 0 Å². The Morgan fingerprint density at radius 2 is 2.17 bits per heavy atom. The topological polar surface area (TPSA) is 190 Å². The number of aliphatic hydroxyl groups is 2. The van der Waals surface area contributed by atoms with Crippen LogP contribution in [0.15, 0.2) is 17.9 Å². The van der Waals surface area contributed by atoms with Crippen LogP contribution >= 0.6 is 0 Å². The lowest BCUT2D eigenvalue weighted by molar-refractivity contribution is -0.0335. The molecule has 4 unspecified atom stereocenters. The van der Waals surface area contributed by atoms with Crippen molar-refractivity contribution in [3.63, 3.8) is 0 Å². The molecule has 24 heavy (non-hydrogen) atoms. The van der Waals surface area contributed by atoms with E-state index in [0.29, 0.717) is 11.2 Å². The van der Waals surface area contributed by atoms with Crippen molar-refractivity contribution < 1.29 is 19.7 Å². The van der Waals surface area contributed by atoms with Gasteiger partial charge in [0.15, 0.2) is 17.7 Å². The lowest BCUT2D eigenvalue weighted by atomic mass is 10.1. The minimum atomic E-state index is -1.29. The maximum absolute atomic E-state index is 11.1. The number of nitrogens with one attached hydrogen (secondary N) is 2. The number of nitroso groups, excluding NO2 is 1. The van der Waals surface area contributed by atoms with Gasteiger partial charge in [0.05, 0.1) is 11.6 Å². The summed E-state index contributed by atoms with van der Waals surface area (Å²) in [5.41, 5.74) is 8.00. The van der Waals surface area contributed by atoms with E-state index >= 15 is 0 Å². The quantitative estimate of drug-likeness (QED) is 0.310. The molecule has 0 aromatic carbocycles. The average molecular weight is 338 g/mol. The summed E-state index contributed by atoms with van der Waals surface area (Å²) in [5, 5.41) is 24.8. The van der Waals surface area contributed by atoms with Crippen molar-refractivity contribution in [2.45, 2.75) is 24.5 Å². The van der Waals surface area contributed by atoms with Crippen molar-refractivity contribution in [1.29, 1.82) is 0 Å². The van der Waals surface area contributed by atoms with Crippen molar-refractivity contribution in [2.75, 3.05) is 12.3 Å². The van der Waals surface area contributed by atoms with E-state index in [2.05, 4.69) is 25.6 Å². The first kappa shape index (κ1) is 16.0. The number of hydrogen-bond donors (Lipinski definition) is 5. The molecular weight excluding hydrogens is 324 g/mol. The number of carbonyl (C=O) groups excluding carboxylic acids is 1. The van der Waals surface area contributed by atoms with Crippen LogP contribution in [0.4, 0.5) is 10.6 Å². The molecule has 0 aliphatic carbocycles. The van der Waals surface area contributed by atoms with Crippen molar-refractivity contribution in [3.05, 3.63) is 17.6 Å². The number of ether oxygens (including phenoxy) is 1. The molecule has 0 bridgehead atoms. The van der Waals surface area contributed by atoms with Crippen molar-refractivity contribution in [2.24, 2.45) is 5.29 Å². The molecule has 1 saturated heterocycles. The normalized spacial score (nSPS) is 26.4. The van der Waals surface area contributed by atoms with Gasteiger partial charge in [0.25, 0.3) is 0 Å². The number of aliphatic hydroxyl groups excluding tert-OH is 2. The van der Waals surface area contributed by atoms with E-state index in [0.717, 1.165) is 0 Å². The largest absolute Gasteiger partial charge is 0.387 e. The molecule has 1 aliphatic heterocycles. The van der Waals surface area contributed by atoms with E-state index in [-0.39, 0.29) is 12.4 Å². The number of fused-ring (bicyclic) bond motifs is 1. The van der Waals surface area contributed by atoms with Gasteiger partial charge in [-0.25, -0.2) is 19.7 Å². The van der Waals surface area contributed by atoms with Gasteiger partial charge in [0.1, 0.15) is 30.2 Å². The van der Waals surface area contributed by atoms with Crippen molar-refractivity contribution in [1.82, 2.24) is 30.3 Å². The Morgan fingerprint density at radius 1 is 1.38 bits per heavy atom. The maximum Gasteiger partial charge on any atom is 0.337 e. The third-order valence-corrected chi connectivity index (χ3v) is 3.61. The molecule has 2 aromatic heterocycles. The number of nitrogens with zero attached hydrogens (tertiary/aromatic N) is 5. The fourth-order valence-corrected chi connectivity index (χ4v) is 2.46. The maximum atomic E-state index is 11.1. The molecule has 0 spiro atoms.